The Hall–Kier alpha value is -1.99. The maximum atomic E-state index is 12.6. The average Bonchev–Trinajstić information content (AvgIpc) is 3.18. The number of aromatic nitrogens is 3. The third-order valence-electron chi connectivity index (χ3n) is 4.36. The summed E-state index contributed by atoms with van der Waals surface area (Å²) >= 11 is 5.14. The van der Waals surface area contributed by atoms with Gasteiger partial charge in [-0.15, -0.1) is 11.3 Å². The summed E-state index contributed by atoms with van der Waals surface area (Å²) in [6.07, 6.45) is 2.92. The molecule has 2 heterocycles. The smallest absolute Gasteiger partial charge is 0.255 e. The third kappa shape index (κ3) is 4.84. The zero-order valence-corrected chi connectivity index (χ0v) is 18.2. The maximum absolute atomic E-state index is 12.6. The lowest BCUT2D eigenvalue weighted by atomic mass is 10.1. The summed E-state index contributed by atoms with van der Waals surface area (Å²) in [7, 11) is 0. The molecule has 3 rings (SSSR count). The molecular weight excluding hydrogens is 424 g/mol. The van der Waals surface area contributed by atoms with Crippen molar-refractivity contribution in [3.05, 3.63) is 61.8 Å². The van der Waals surface area contributed by atoms with E-state index in [1.807, 2.05) is 49.7 Å². The molecule has 5 nitrogen and oxygen atoms in total. The van der Waals surface area contributed by atoms with Crippen LogP contribution in [0.2, 0.25) is 0 Å². The van der Waals surface area contributed by atoms with Gasteiger partial charge in [-0.25, -0.2) is 9.67 Å². The second kappa shape index (κ2) is 8.80. The van der Waals surface area contributed by atoms with Gasteiger partial charge in [0.15, 0.2) is 0 Å². The SMILES string of the molecule is Cc1csc(CCCCNC(=O)c2c(C)nn(-c3ccc(Br)cc3)c2C)n1. The van der Waals surface area contributed by atoms with Crippen molar-refractivity contribution in [3.63, 3.8) is 0 Å². The summed E-state index contributed by atoms with van der Waals surface area (Å²) in [5, 5.41) is 10.8. The van der Waals surface area contributed by atoms with Crippen molar-refractivity contribution in [2.24, 2.45) is 0 Å². The number of nitrogens with one attached hydrogen (secondary N) is 1. The van der Waals surface area contributed by atoms with E-state index >= 15 is 0 Å². The Morgan fingerprint density at radius 1 is 1.19 bits per heavy atom. The summed E-state index contributed by atoms with van der Waals surface area (Å²) < 4.78 is 2.83. The highest BCUT2D eigenvalue weighted by atomic mass is 79.9. The van der Waals surface area contributed by atoms with Crippen molar-refractivity contribution in [2.45, 2.75) is 40.0 Å². The maximum Gasteiger partial charge on any atom is 0.255 e. The second-order valence-electron chi connectivity index (χ2n) is 6.53. The molecule has 0 saturated carbocycles. The van der Waals surface area contributed by atoms with Crippen LogP contribution in [0.5, 0.6) is 0 Å². The molecule has 1 amide bonds. The topological polar surface area (TPSA) is 59.8 Å². The molecule has 2 aromatic heterocycles. The van der Waals surface area contributed by atoms with Crippen LogP contribution < -0.4 is 5.32 Å². The molecule has 0 bridgehead atoms. The lowest BCUT2D eigenvalue weighted by molar-refractivity contribution is 0.0952. The molecule has 0 saturated heterocycles. The fourth-order valence-corrected chi connectivity index (χ4v) is 4.10. The Kier molecular flexibility index (Phi) is 6.44. The monoisotopic (exact) mass is 446 g/mol. The van der Waals surface area contributed by atoms with Crippen molar-refractivity contribution in [1.82, 2.24) is 20.1 Å². The van der Waals surface area contributed by atoms with Gasteiger partial charge in [0.2, 0.25) is 0 Å². The summed E-state index contributed by atoms with van der Waals surface area (Å²) in [5.41, 5.74) is 4.28. The summed E-state index contributed by atoms with van der Waals surface area (Å²) in [6, 6.07) is 7.89. The normalized spacial score (nSPS) is 11.0. The molecule has 27 heavy (non-hydrogen) atoms. The number of carbonyl (C=O) groups is 1. The van der Waals surface area contributed by atoms with Crippen LogP contribution in [0.1, 0.15) is 45.3 Å². The van der Waals surface area contributed by atoms with E-state index in [9.17, 15) is 4.79 Å². The molecule has 0 fully saturated rings. The first-order valence-electron chi connectivity index (χ1n) is 8.97. The molecule has 0 aliphatic heterocycles. The number of thiazole rings is 1. The molecule has 0 unspecified atom stereocenters. The number of hydrogen-bond acceptors (Lipinski definition) is 4. The fraction of sp³-hybridized carbons (Fsp3) is 0.350. The van der Waals surface area contributed by atoms with Gasteiger partial charge in [-0.2, -0.15) is 5.10 Å². The largest absolute Gasteiger partial charge is 0.352 e. The number of aryl methyl sites for hydroxylation is 3. The molecule has 3 aromatic rings. The van der Waals surface area contributed by atoms with Gasteiger partial charge in [-0.1, -0.05) is 15.9 Å². The molecule has 1 aromatic carbocycles. The van der Waals surface area contributed by atoms with Gasteiger partial charge in [0.1, 0.15) is 0 Å². The molecule has 0 aliphatic rings. The van der Waals surface area contributed by atoms with Gasteiger partial charge in [0, 0.05) is 22.1 Å². The Morgan fingerprint density at radius 3 is 2.59 bits per heavy atom. The minimum atomic E-state index is -0.0570. The Morgan fingerprint density at radius 2 is 1.93 bits per heavy atom. The Labute approximate surface area is 172 Å². The van der Waals surface area contributed by atoms with Gasteiger partial charge in [-0.3, -0.25) is 4.79 Å². The Bertz CT molecular complexity index is 930. The van der Waals surface area contributed by atoms with Crippen molar-refractivity contribution < 1.29 is 4.79 Å². The highest BCUT2D eigenvalue weighted by Crippen LogP contribution is 2.20. The van der Waals surface area contributed by atoms with Crippen LogP contribution >= 0.6 is 27.3 Å². The van der Waals surface area contributed by atoms with E-state index in [2.05, 4.69) is 36.7 Å². The van der Waals surface area contributed by atoms with Gasteiger partial charge in [0.25, 0.3) is 5.91 Å². The lowest BCUT2D eigenvalue weighted by Crippen LogP contribution is -2.25. The summed E-state index contributed by atoms with van der Waals surface area (Å²) in [5.74, 6) is -0.0570. The molecular formula is C20H23BrN4OS. The predicted molar refractivity (Wildman–Crippen MR) is 113 cm³/mol. The van der Waals surface area contributed by atoms with E-state index in [0.717, 1.165) is 46.5 Å². The highest BCUT2D eigenvalue weighted by Gasteiger charge is 2.19. The van der Waals surface area contributed by atoms with Gasteiger partial charge >= 0.3 is 0 Å². The van der Waals surface area contributed by atoms with E-state index in [1.165, 1.54) is 5.01 Å². The lowest BCUT2D eigenvalue weighted by Gasteiger charge is -2.07. The minimum Gasteiger partial charge on any atom is -0.352 e. The van der Waals surface area contributed by atoms with Gasteiger partial charge < -0.3 is 5.32 Å². The number of halogens is 1. The molecule has 0 aliphatic carbocycles. The first kappa shape index (κ1) is 19.8. The number of rotatable bonds is 7. The van der Waals surface area contributed by atoms with Crippen LogP contribution in [0.3, 0.4) is 0 Å². The van der Waals surface area contributed by atoms with E-state index in [4.69, 9.17) is 0 Å². The zero-order chi connectivity index (χ0) is 19.4. The zero-order valence-electron chi connectivity index (χ0n) is 15.8. The fourth-order valence-electron chi connectivity index (χ4n) is 3.01. The molecule has 142 valence electrons. The molecule has 0 spiro atoms. The summed E-state index contributed by atoms with van der Waals surface area (Å²) in [6.45, 7) is 6.48. The standard InChI is InChI=1S/C20H23BrN4OS/c1-13-12-27-18(23-13)6-4-5-11-22-20(26)19-14(2)24-25(15(19)3)17-9-7-16(21)8-10-17/h7-10,12H,4-6,11H2,1-3H3,(H,22,26). The number of nitrogens with zero attached hydrogens (tertiary/aromatic N) is 3. The van der Waals surface area contributed by atoms with Crippen LogP contribution in [0, 0.1) is 20.8 Å². The summed E-state index contributed by atoms with van der Waals surface area (Å²) in [4.78, 5) is 17.1. The van der Waals surface area contributed by atoms with Crippen LogP contribution in [0.25, 0.3) is 5.69 Å². The van der Waals surface area contributed by atoms with Gasteiger partial charge in [0.05, 0.1) is 27.6 Å². The van der Waals surface area contributed by atoms with Crippen molar-refractivity contribution in [2.75, 3.05) is 6.54 Å². The highest BCUT2D eigenvalue weighted by molar-refractivity contribution is 9.10. The van der Waals surface area contributed by atoms with Crippen LogP contribution in [-0.2, 0) is 6.42 Å². The third-order valence-corrected chi connectivity index (χ3v) is 5.91. The molecule has 0 atom stereocenters. The van der Waals surface area contributed by atoms with Crippen molar-refractivity contribution in [1.29, 1.82) is 0 Å². The minimum absolute atomic E-state index is 0.0570. The first-order valence-corrected chi connectivity index (χ1v) is 10.6. The van der Waals surface area contributed by atoms with E-state index < -0.39 is 0 Å². The number of benzene rings is 1. The average molecular weight is 447 g/mol. The Balaban J connectivity index is 1.57. The van der Waals surface area contributed by atoms with E-state index in [1.54, 1.807) is 11.3 Å². The first-order chi connectivity index (χ1) is 13.0. The number of amides is 1. The number of hydrogen-bond donors (Lipinski definition) is 1. The predicted octanol–water partition coefficient (Wildman–Crippen LogP) is 4.77. The van der Waals surface area contributed by atoms with Crippen molar-refractivity contribution in [3.8, 4) is 5.69 Å². The number of carbonyl (C=O) groups excluding carboxylic acids is 1. The molecule has 0 radical (unpaired) electrons. The van der Waals surface area contributed by atoms with Crippen LogP contribution in [-0.4, -0.2) is 27.2 Å². The van der Waals surface area contributed by atoms with E-state index in [-0.39, 0.29) is 5.91 Å². The van der Waals surface area contributed by atoms with Gasteiger partial charge in [-0.05, 0) is 64.3 Å². The number of unbranched alkanes of at least 4 members (excludes halogenated alkanes) is 1. The van der Waals surface area contributed by atoms with E-state index in [0.29, 0.717) is 12.1 Å². The molecule has 1 N–H and O–H groups in total. The van der Waals surface area contributed by atoms with Crippen LogP contribution in [0.4, 0.5) is 0 Å². The van der Waals surface area contributed by atoms with Crippen molar-refractivity contribution >= 4 is 33.2 Å². The quantitative estimate of drug-likeness (QED) is 0.531. The second-order valence-corrected chi connectivity index (χ2v) is 8.39. The van der Waals surface area contributed by atoms with Crippen LogP contribution in [0.15, 0.2) is 34.1 Å². The molecule has 7 heteroatoms.